The number of amides is 1. The first-order chi connectivity index (χ1) is 14.9. The molecule has 1 fully saturated rings. The molecule has 0 saturated heterocycles. The van der Waals surface area contributed by atoms with Gasteiger partial charge in [-0.05, 0) is 61.4 Å². The lowest BCUT2D eigenvalue weighted by Gasteiger charge is -2.29. The molecule has 9 nitrogen and oxygen atoms in total. The fourth-order valence-electron chi connectivity index (χ4n) is 3.54. The van der Waals surface area contributed by atoms with Gasteiger partial charge in [-0.2, -0.15) is 4.98 Å². The second-order valence-corrected chi connectivity index (χ2v) is 7.92. The topological polar surface area (TPSA) is 113 Å². The number of aromatic nitrogens is 2. The zero-order valence-corrected chi connectivity index (χ0v) is 17.8. The van der Waals surface area contributed by atoms with Crippen LogP contribution in [0.2, 0.25) is 0 Å². The Balaban J connectivity index is 1.39. The van der Waals surface area contributed by atoms with Crippen molar-refractivity contribution in [1.82, 2.24) is 15.3 Å². The van der Waals surface area contributed by atoms with Crippen LogP contribution in [0.25, 0.3) is 6.08 Å². The van der Waals surface area contributed by atoms with Gasteiger partial charge in [-0.1, -0.05) is 0 Å². The van der Waals surface area contributed by atoms with Crippen LogP contribution < -0.4 is 15.5 Å². The van der Waals surface area contributed by atoms with E-state index in [9.17, 15) is 14.9 Å². The highest BCUT2D eigenvalue weighted by atomic mass is 16.6. The molecule has 1 amide bonds. The summed E-state index contributed by atoms with van der Waals surface area (Å²) < 4.78 is 0. The monoisotopic (exact) mass is 424 g/mol. The molecule has 1 aliphatic rings. The summed E-state index contributed by atoms with van der Waals surface area (Å²) in [5.74, 6) is 1.81. The van der Waals surface area contributed by atoms with Gasteiger partial charge in [0.25, 0.3) is 5.69 Å². The lowest BCUT2D eigenvalue weighted by Crippen LogP contribution is -2.33. The van der Waals surface area contributed by atoms with E-state index < -0.39 is 4.92 Å². The minimum absolute atomic E-state index is 0.0312. The summed E-state index contributed by atoms with van der Waals surface area (Å²) in [5, 5.41) is 17.0. The predicted octanol–water partition coefficient (Wildman–Crippen LogP) is 3.25. The molecule has 1 heterocycles. The number of nitro benzene ring substituents is 1. The van der Waals surface area contributed by atoms with Crippen molar-refractivity contribution in [3.8, 4) is 0 Å². The number of nitrogens with one attached hydrogen (secondary N) is 2. The fraction of sp³-hybridized carbons (Fsp3) is 0.409. The molecule has 1 aliphatic carbocycles. The van der Waals surface area contributed by atoms with Gasteiger partial charge in [0, 0.05) is 51.1 Å². The van der Waals surface area contributed by atoms with E-state index in [2.05, 4.69) is 20.6 Å². The van der Waals surface area contributed by atoms with E-state index in [1.807, 2.05) is 25.1 Å². The largest absolute Gasteiger partial charge is 0.363 e. The van der Waals surface area contributed by atoms with Crippen LogP contribution in [0.1, 0.15) is 31.2 Å². The maximum Gasteiger partial charge on any atom is 0.269 e. The molecule has 1 saturated carbocycles. The van der Waals surface area contributed by atoms with Crippen molar-refractivity contribution in [3.63, 3.8) is 0 Å². The first kappa shape index (κ1) is 22.2. The number of benzene rings is 1. The molecule has 0 aliphatic heterocycles. The third kappa shape index (κ3) is 6.77. The molecular weight excluding hydrogens is 396 g/mol. The summed E-state index contributed by atoms with van der Waals surface area (Å²) in [6.07, 6.45) is 8.94. The highest BCUT2D eigenvalue weighted by molar-refractivity contribution is 5.91. The van der Waals surface area contributed by atoms with Crippen molar-refractivity contribution in [1.29, 1.82) is 0 Å². The van der Waals surface area contributed by atoms with Gasteiger partial charge in [0.05, 0.1) is 4.92 Å². The van der Waals surface area contributed by atoms with Crippen LogP contribution in [0, 0.1) is 16.0 Å². The summed E-state index contributed by atoms with van der Waals surface area (Å²) in [6, 6.07) is 8.30. The average molecular weight is 425 g/mol. The first-order valence-corrected chi connectivity index (χ1v) is 10.4. The van der Waals surface area contributed by atoms with Gasteiger partial charge in [-0.25, -0.2) is 4.98 Å². The normalized spacial score (nSPS) is 18.5. The number of hydrogen-bond donors (Lipinski definition) is 2. The Hall–Kier alpha value is -3.49. The molecule has 0 bridgehead atoms. The van der Waals surface area contributed by atoms with Gasteiger partial charge in [0.2, 0.25) is 11.9 Å². The lowest BCUT2D eigenvalue weighted by atomic mass is 9.86. The van der Waals surface area contributed by atoms with Gasteiger partial charge in [-0.15, -0.1) is 0 Å². The molecule has 2 N–H and O–H groups in total. The molecule has 1 aromatic heterocycles. The van der Waals surface area contributed by atoms with Gasteiger partial charge >= 0.3 is 0 Å². The molecular formula is C22H28N6O3. The minimum Gasteiger partial charge on any atom is -0.363 e. The second-order valence-electron chi connectivity index (χ2n) is 7.92. The standard InChI is InChI=1S/C22H28N6O3/c1-27(2)20-13-14-23-22(26-20)25-18-8-3-17(4-9-18)15-24-21(29)12-7-16-5-10-19(11-6-16)28(30)31/h5-7,10-14,17-18H,3-4,8-9,15H2,1-2H3,(H,24,29)(H,23,25,26)/b12-7+/t17-,18+. The highest BCUT2D eigenvalue weighted by Crippen LogP contribution is 2.25. The number of anilines is 2. The van der Waals surface area contributed by atoms with Crippen molar-refractivity contribution in [2.45, 2.75) is 31.7 Å². The molecule has 0 atom stereocenters. The molecule has 0 unspecified atom stereocenters. The number of nitro groups is 1. The summed E-state index contributed by atoms with van der Waals surface area (Å²) in [5.41, 5.74) is 0.775. The van der Waals surface area contributed by atoms with E-state index in [0.717, 1.165) is 37.1 Å². The average Bonchev–Trinajstić information content (AvgIpc) is 2.77. The molecule has 2 aromatic rings. The van der Waals surface area contributed by atoms with Crippen LogP contribution in [-0.4, -0.2) is 47.5 Å². The number of nitrogens with zero attached hydrogens (tertiary/aromatic N) is 4. The Morgan fingerprint density at radius 3 is 2.55 bits per heavy atom. The van der Waals surface area contributed by atoms with Gasteiger partial charge in [0.1, 0.15) is 5.82 Å². The van der Waals surface area contributed by atoms with Crippen molar-refractivity contribution in [2.75, 3.05) is 30.9 Å². The van der Waals surface area contributed by atoms with Crippen LogP contribution in [0.15, 0.2) is 42.6 Å². The molecule has 0 spiro atoms. The van der Waals surface area contributed by atoms with E-state index in [-0.39, 0.29) is 11.6 Å². The first-order valence-electron chi connectivity index (χ1n) is 10.4. The van der Waals surface area contributed by atoms with E-state index in [1.54, 1.807) is 24.4 Å². The summed E-state index contributed by atoms with van der Waals surface area (Å²) in [6.45, 7) is 0.642. The highest BCUT2D eigenvalue weighted by Gasteiger charge is 2.22. The summed E-state index contributed by atoms with van der Waals surface area (Å²) in [4.78, 5) is 33.1. The fourth-order valence-corrected chi connectivity index (χ4v) is 3.54. The van der Waals surface area contributed by atoms with Gasteiger partial charge < -0.3 is 15.5 Å². The van der Waals surface area contributed by atoms with Crippen molar-refractivity contribution < 1.29 is 9.72 Å². The molecule has 0 radical (unpaired) electrons. The maximum absolute atomic E-state index is 12.1. The van der Waals surface area contributed by atoms with E-state index in [4.69, 9.17) is 0 Å². The SMILES string of the molecule is CN(C)c1ccnc(N[C@H]2CC[C@@H](CNC(=O)/C=C/c3ccc([N+](=O)[O-])cc3)CC2)n1. The number of carbonyl (C=O) groups is 1. The molecule has 164 valence electrons. The Morgan fingerprint density at radius 2 is 1.90 bits per heavy atom. The number of hydrogen-bond acceptors (Lipinski definition) is 7. The number of carbonyl (C=O) groups excluding carboxylic acids is 1. The molecule has 3 rings (SSSR count). The Bertz CT molecular complexity index is 921. The van der Waals surface area contributed by atoms with E-state index in [0.29, 0.717) is 24.5 Å². The maximum atomic E-state index is 12.1. The predicted molar refractivity (Wildman–Crippen MR) is 121 cm³/mol. The summed E-state index contributed by atoms with van der Waals surface area (Å²) in [7, 11) is 3.90. The quantitative estimate of drug-likeness (QED) is 0.380. The lowest BCUT2D eigenvalue weighted by molar-refractivity contribution is -0.384. The zero-order chi connectivity index (χ0) is 22.2. The van der Waals surface area contributed by atoms with Crippen molar-refractivity contribution in [2.24, 2.45) is 5.92 Å². The van der Waals surface area contributed by atoms with Crippen molar-refractivity contribution >= 4 is 29.4 Å². The van der Waals surface area contributed by atoms with Crippen LogP contribution in [0.3, 0.4) is 0 Å². The van der Waals surface area contributed by atoms with Crippen LogP contribution in [0.4, 0.5) is 17.5 Å². The van der Waals surface area contributed by atoms with Crippen LogP contribution in [-0.2, 0) is 4.79 Å². The molecule has 9 heteroatoms. The minimum atomic E-state index is -0.446. The Kier molecular flexibility index (Phi) is 7.53. The third-order valence-electron chi connectivity index (χ3n) is 5.38. The Labute approximate surface area is 181 Å². The number of non-ortho nitro benzene ring substituents is 1. The van der Waals surface area contributed by atoms with Crippen LogP contribution >= 0.6 is 0 Å². The number of rotatable bonds is 8. The molecule has 1 aromatic carbocycles. The van der Waals surface area contributed by atoms with Gasteiger partial charge in [0.15, 0.2) is 0 Å². The zero-order valence-electron chi connectivity index (χ0n) is 17.8. The third-order valence-corrected chi connectivity index (χ3v) is 5.38. The van der Waals surface area contributed by atoms with Crippen LogP contribution in [0.5, 0.6) is 0 Å². The van der Waals surface area contributed by atoms with Gasteiger partial charge in [-0.3, -0.25) is 14.9 Å². The smallest absolute Gasteiger partial charge is 0.269 e. The van der Waals surface area contributed by atoms with E-state index in [1.165, 1.54) is 18.2 Å². The van der Waals surface area contributed by atoms with E-state index >= 15 is 0 Å². The molecule has 31 heavy (non-hydrogen) atoms. The second kappa shape index (κ2) is 10.5. The Morgan fingerprint density at radius 1 is 1.19 bits per heavy atom. The summed E-state index contributed by atoms with van der Waals surface area (Å²) >= 11 is 0. The van der Waals surface area contributed by atoms with Crippen molar-refractivity contribution in [3.05, 3.63) is 58.3 Å².